The molecular formula is C30H29NO8. The van der Waals surface area contributed by atoms with Crippen LogP contribution in [0.25, 0.3) is 5.76 Å². The van der Waals surface area contributed by atoms with Crippen LogP contribution in [0, 0.1) is 0 Å². The minimum absolute atomic E-state index is 0.00469. The Morgan fingerprint density at radius 1 is 0.949 bits per heavy atom. The van der Waals surface area contributed by atoms with Crippen LogP contribution < -0.4 is 9.47 Å². The predicted molar refractivity (Wildman–Crippen MR) is 143 cm³/mol. The maximum Gasteiger partial charge on any atom is 0.337 e. The zero-order valence-electron chi connectivity index (χ0n) is 21.8. The van der Waals surface area contributed by atoms with Crippen LogP contribution in [0.5, 0.6) is 17.2 Å². The third-order valence-corrected chi connectivity index (χ3v) is 6.27. The number of carbonyl (C=O) groups excluding carboxylic acids is 3. The Balaban J connectivity index is 1.83. The molecule has 4 rings (SSSR count). The van der Waals surface area contributed by atoms with Crippen molar-refractivity contribution in [2.24, 2.45) is 0 Å². The van der Waals surface area contributed by atoms with Gasteiger partial charge in [0, 0.05) is 12.6 Å². The molecule has 0 spiro atoms. The van der Waals surface area contributed by atoms with Crippen molar-refractivity contribution in [1.82, 2.24) is 4.90 Å². The maximum atomic E-state index is 13.4. The van der Waals surface area contributed by atoms with Crippen molar-refractivity contribution in [3.8, 4) is 17.2 Å². The zero-order valence-corrected chi connectivity index (χ0v) is 21.8. The van der Waals surface area contributed by atoms with Crippen LogP contribution in [0.4, 0.5) is 0 Å². The topological polar surface area (TPSA) is 123 Å². The zero-order chi connectivity index (χ0) is 28.1. The Labute approximate surface area is 225 Å². The van der Waals surface area contributed by atoms with E-state index in [1.54, 1.807) is 61.5 Å². The molecular weight excluding hydrogens is 502 g/mol. The number of benzene rings is 3. The number of amides is 1. The number of nitrogens with zero attached hydrogens (tertiary/aromatic N) is 1. The van der Waals surface area contributed by atoms with Gasteiger partial charge in [-0.05, 0) is 61.4 Å². The van der Waals surface area contributed by atoms with Gasteiger partial charge in [0.05, 0.1) is 43.1 Å². The monoisotopic (exact) mass is 531 g/mol. The van der Waals surface area contributed by atoms with Crippen LogP contribution >= 0.6 is 0 Å². The van der Waals surface area contributed by atoms with E-state index in [4.69, 9.17) is 14.2 Å². The summed E-state index contributed by atoms with van der Waals surface area (Å²) >= 11 is 0. The molecule has 1 saturated heterocycles. The minimum atomic E-state index is -1.00. The normalized spacial score (nSPS) is 16.3. The van der Waals surface area contributed by atoms with E-state index >= 15 is 0 Å². The van der Waals surface area contributed by atoms with Crippen LogP contribution in [0.2, 0.25) is 0 Å². The lowest BCUT2D eigenvalue weighted by molar-refractivity contribution is -0.140. The first-order chi connectivity index (χ1) is 18.8. The van der Waals surface area contributed by atoms with Gasteiger partial charge in [0.15, 0.2) is 0 Å². The highest BCUT2D eigenvalue weighted by Crippen LogP contribution is 2.42. The number of esters is 1. The van der Waals surface area contributed by atoms with E-state index in [-0.39, 0.29) is 23.4 Å². The van der Waals surface area contributed by atoms with Crippen molar-refractivity contribution in [3.05, 3.63) is 94.6 Å². The first kappa shape index (κ1) is 27.3. The van der Waals surface area contributed by atoms with E-state index in [1.165, 1.54) is 24.1 Å². The SMILES string of the molecule is CCOc1ccc(/C(O)=C2/C(=O)C(=O)N(Cc3ccc(C(=O)OC)cc3)C2c2cccc(O)c2)c(OCC)c1. The van der Waals surface area contributed by atoms with E-state index < -0.39 is 29.5 Å². The largest absolute Gasteiger partial charge is 0.508 e. The van der Waals surface area contributed by atoms with Crippen molar-refractivity contribution in [2.45, 2.75) is 26.4 Å². The Morgan fingerprint density at radius 3 is 2.31 bits per heavy atom. The molecule has 0 radical (unpaired) electrons. The summed E-state index contributed by atoms with van der Waals surface area (Å²) in [5, 5.41) is 21.7. The van der Waals surface area contributed by atoms with Crippen molar-refractivity contribution >= 4 is 23.4 Å². The number of phenolic OH excluding ortho intramolecular Hbond substituents is 1. The molecule has 1 amide bonds. The summed E-state index contributed by atoms with van der Waals surface area (Å²) in [4.78, 5) is 39.9. The van der Waals surface area contributed by atoms with Crippen molar-refractivity contribution in [1.29, 1.82) is 0 Å². The lowest BCUT2D eigenvalue weighted by Gasteiger charge is -2.26. The van der Waals surface area contributed by atoms with Crippen molar-refractivity contribution < 1.29 is 38.8 Å². The number of ketones is 1. The van der Waals surface area contributed by atoms with Gasteiger partial charge in [0.1, 0.15) is 23.0 Å². The van der Waals surface area contributed by atoms with Gasteiger partial charge in [-0.2, -0.15) is 0 Å². The first-order valence-corrected chi connectivity index (χ1v) is 12.4. The van der Waals surface area contributed by atoms with Gasteiger partial charge in [0.25, 0.3) is 11.7 Å². The van der Waals surface area contributed by atoms with E-state index in [0.29, 0.717) is 41.4 Å². The van der Waals surface area contributed by atoms with E-state index in [1.807, 2.05) is 6.92 Å². The highest BCUT2D eigenvalue weighted by atomic mass is 16.5. The summed E-state index contributed by atoms with van der Waals surface area (Å²) in [5.41, 5.74) is 1.51. The average molecular weight is 532 g/mol. The van der Waals surface area contributed by atoms with E-state index in [9.17, 15) is 24.6 Å². The molecule has 9 nitrogen and oxygen atoms in total. The van der Waals surface area contributed by atoms with Crippen LogP contribution in [-0.4, -0.2) is 53.1 Å². The second kappa shape index (κ2) is 11.7. The number of Topliss-reactive ketones (excluding diaryl/α,β-unsaturated/α-hetero) is 1. The van der Waals surface area contributed by atoms with Gasteiger partial charge in [-0.25, -0.2) is 4.79 Å². The Hall–Kier alpha value is -4.79. The number of aromatic hydroxyl groups is 1. The summed E-state index contributed by atoms with van der Waals surface area (Å²) < 4.78 is 16.0. The molecule has 39 heavy (non-hydrogen) atoms. The van der Waals surface area contributed by atoms with Crippen LogP contribution in [0.15, 0.2) is 72.3 Å². The molecule has 9 heteroatoms. The summed E-state index contributed by atoms with van der Waals surface area (Å²) in [6, 6.07) is 16.5. The molecule has 2 N–H and O–H groups in total. The number of hydrogen-bond acceptors (Lipinski definition) is 8. The number of hydrogen-bond donors (Lipinski definition) is 2. The first-order valence-electron chi connectivity index (χ1n) is 12.4. The molecule has 1 fully saturated rings. The number of aliphatic hydroxyl groups excluding tert-OH is 1. The van der Waals surface area contributed by atoms with Crippen LogP contribution in [-0.2, 0) is 20.9 Å². The molecule has 0 aromatic heterocycles. The van der Waals surface area contributed by atoms with Crippen molar-refractivity contribution in [3.63, 3.8) is 0 Å². The van der Waals surface area contributed by atoms with Gasteiger partial charge in [0.2, 0.25) is 0 Å². The number of aliphatic hydroxyl groups is 1. The molecule has 0 saturated carbocycles. The molecule has 1 heterocycles. The predicted octanol–water partition coefficient (Wildman–Crippen LogP) is 4.60. The molecule has 0 aliphatic carbocycles. The number of likely N-dealkylation sites (tertiary alicyclic amines) is 1. The third kappa shape index (κ3) is 5.57. The lowest BCUT2D eigenvalue weighted by atomic mass is 9.94. The molecule has 202 valence electrons. The highest BCUT2D eigenvalue weighted by Gasteiger charge is 2.46. The van der Waals surface area contributed by atoms with E-state index in [0.717, 1.165) is 0 Å². The van der Waals surface area contributed by atoms with Gasteiger partial charge < -0.3 is 29.3 Å². The molecule has 0 bridgehead atoms. The summed E-state index contributed by atoms with van der Waals surface area (Å²) in [6.07, 6.45) is 0. The number of methoxy groups -OCH3 is 1. The van der Waals surface area contributed by atoms with Crippen LogP contribution in [0.3, 0.4) is 0 Å². The Morgan fingerprint density at radius 2 is 1.67 bits per heavy atom. The molecule has 3 aromatic carbocycles. The summed E-state index contributed by atoms with van der Waals surface area (Å²) in [7, 11) is 1.28. The second-order valence-electron chi connectivity index (χ2n) is 8.73. The molecule has 1 unspecified atom stereocenters. The van der Waals surface area contributed by atoms with Crippen molar-refractivity contribution in [2.75, 3.05) is 20.3 Å². The minimum Gasteiger partial charge on any atom is -0.508 e. The number of carbonyl (C=O) groups is 3. The summed E-state index contributed by atoms with van der Waals surface area (Å²) in [6.45, 7) is 4.36. The summed E-state index contributed by atoms with van der Waals surface area (Å²) in [5.74, 6) is -1.83. The highest BCUT2D eigenvalue weighted by molar-refractivity contribution is 6.46. The second-order valence-corrected chi connectivity index (χ2v) is 8.73. The van der Waals surface area contributed by atoms with E-state index in [2.05, 4.69) is 0 Å². The Kier molecular flexibility index (Phi) is 8.19. The molecule has 1 aliphatic rings. The third-order valence-electron chi connectivity index (χ3n) is 6.27. The number of phenols is 1. The average Bonchev–Trinajstić information content (AvgIpc) is 3.18. The van der Waals surface area contributed by atoms with Crippen LogP contribution in [0.1, 0.15) is 46.9 Å². The fraction of sp³-hybridized carbons (Fsp3) is 0.233. The smallest absolute Gasteiger partial charge is 0.337 e. The quantitative estimate of drug-likeness (QED) is 0.178. The van der Waals surface area contributed by atoms with Gasteiger partial charge in [-0.15, -0.1) is 0 Å². The standard InChI is InChI=1S/C30H29NO8/c1-4-38-22-13-14-23(24(16-22)39-5-2)27(33)25-26(20-7-6-8-21(32)15-20)31(29(35)28(25)34)17-18-9-11-19(12-10-18)30(36)37-3/h6-16,26,32-33H,4-5,17H2,1-3H3/b27-25-. The fourth-order valence-electron chi connectivity index (χ4n) is 4.52. The number of ether oxygens (including phenoxy) is 3. The fourth-order valence-corrected chi connectivity index (χ4v) is 4.52. The Bertz CT molecular complexity index is 1430. The lowest BCUT2D eigenvalue weighted by Crippen LogP contribution is -2.29. The van der Waals surface area contributed by atoms with Gasteiger partial charge in [-0.1, -0.05) is 24.3 Å². The molecule has 1 aliphatic heterocycles. The van der Waals surface area contributed by atoms with Gasteiger partial charge >= 0.3 is 5.97 Å². The van der Waals surface area contributed by atoms with Gasteiger partial charge in [-0.3, -0.25) is 9.59 Å². The number of rotatable bonds is 9. The maximum absolute atomic E-state index is 13.4. The molecule has 1 atom stereocenters. The molecule has 3 aromatic rings.